The first-order valence-electron chi connectivity index (χ1n) is 9.41. The summed E-state index contributed by atoms with van der Waals surface area (Å²) in [4.78, 5) is 36.1. The van der Waals surface area contributed by atoms with Crippen LogP contribution in [0.4, 0.5) is 10.6 Å². The number of carbonyl (C=O) groups excluding carboxylic acids is 1. The molecule has 3 heterocycles. The van der Waals surface area contributed by atoms with Crippen molar-refractivity contribution in [3.8, 4) is 0 Å². The van der Waals surface area contributed by atoms with Crippen LogP contribution in [0.5, 0.6) is 0 Å². The average Bonchev–Trinajstić information content (AvgIpc) is 2.68. The summed E-state index contributed by atoms with van der Waals surface area (Å²) in [6, 6.07) is 2.01. The summed E-state index contributed by atoms with van der Waals surface area (Å²) in [6.45, 7) is 4.69. The Bertz CT molecular complexity index is 645. The largest absolute Gasteiger partial charge is 0.481 e. The Hall–Kier alpha value is -2.38. The lowest BCUT2D eigenvalue weighted by Crippen LogP contribution is -2.52. The molecule has 26 heavy (non-hydrogen) atoms. The van der Waals surface area contributed by atoms with Crippen LogP contribution in [0.3, 0.4) is 0 Å². The van der Waals surface area contributed by atoms with Crippen molar-refractivity contribution in [2.45, 2.75) is 45.1 Å². The number of aromatic nitrogens is 2. The number of amides is 2. The smallest absolute Gasteiger partial charge is 0.317 e. The number of likely N-dealkylation sites (tertiary alicyclic amines) is 1. The number of hydrogen-bond acceptors (Lipinski definition) is 5. The van der Waals surface area contributed by atoms with Crippen molar-refractivity contribution in [1.82, 2.24) is 20.2 Å². The van der Waals surface area contributed by atoms with Gasteiger partial charge in [-0.15, -0.1) is 0 Å². The highest BCUT2D eigenvalue weighted by Crippen LogP contribution is 2.20. The first-order chi connectivity index (χ1) is 12.6. The topological polar surface area (TPSA) is 98.7 Å². The third kappa shape index (κ3) is 4.42. The van der Waals surface area contributed by atoms with Crippen molar-refractivity contribution in [3.05, 3.63) is 18.1 Å². The SMILES string of the molecule is CCc1cc(N2CCC(NC(=O)N3CCCC(C(=O)O)C3)CC2)ncn1. The fourth-order valence-electron chi connectivity index (χ4n) is 3.63. The molecule has 3 rings (SSSR count). The Labute approximate surface area is 153 Å². The lowest BCUT2D eigenvalue weighted by Gasteiger charge is -2.36. The minimum atomic E-state index is -0.813. The summed E-state index contributed by atoms with van der Waals surface area (Å²) >= 11 is 0. The third-order valence-corrected chi connectivity index (χ3v) is 5.28. The van der Waals surface area contributed by atoms with Gasteiger partial charge in [0.25, 0.3) is 0 Å². The predicted octanol–water partition coefficient (Wildman–Crippen LogP) is 1.51. The van der Waals surface area contributed by atoms with Gasteiger partial charge in [0.05, 0.1) is 5.92 Å². The van der Waals surface area contributed by atoms with Gasteiger partial charge >= 0.3 is 12.0 Å². The van der Waals surface area contributed by atoms with Gasteiger partial charge in [-0.25, -0.2) is 14.8 Å². The van der Waals surface area contributed by atoms with E-state index in [0.29, 0.717) is 19.5 Å². The molecular formula is C18H27N5O3. The molecule has 2 fully saturated rings. The Kier molecular flexibility index (Phi) is 5.90. The van der Waals surface area contributed by atoms with Crippen molar-refractivity contribution in [2.75, 3.05) is 31.1 Å². The van der Waals surface area contributed by atoms with E-state index in [1.807, 2.05) is 6.07 Å². The number of nitrogens with zero attached hydrogens (tertiary/aromatic N) is 4. The Morgan fingerprint density at radius 3 is 2.69 bits per heavy atom. The number of carboxylic acids is 1. The van der Waals surface area contributed by atoms with Gasteiger partial charge in [0.15, 0.2) is 0 Å². The average molecular weight is 361 g/mol. The number of aliphatic carboxylic acids is 1. The number of anilines is 1. The number of aryl methyl sites for hydroxylation is 1. The quantitative estimate of drug-likeness (QED) is 0.843. The van der Waals surface area contributed by atoms with Crippen molar-refractivity contribution in [2.24, 2.45) is 5.92 Å². The zero-order valence-corrected chi connectivity index (χ0v) is 15.2. The zero-order valence-electron chi connectivity index (χ0n) is 15.2. The molecule has 142 valence electrons. The molecule has 1 unspecified atom stereocenters. The second-order valence-electron chi connectivity index (χ2n) is 7.06. The van der Waals surface area contributed by atoms with Gasteiger partial charge in [-0.05, 0) is 32.1 Å². The number of hydrogen-bond donors (Lipinski definition) is 2. The number of urea groups is 1. The Morgan fingerprint density at radius 1 is 1.23 bits per heavy atom. The van der Waals surface area contributed by atoms with E-state index in [1.165, 1.54) is 0 Å². The lowest BCUT2D eigenvalue weighted by molar-refractivity contribution is -0.143. The van der Waals surface area contributed by atoms with E-state index < -0.39 is 11.9 Å². The van der Waals surface area contributed by atoms with Crippen LogP contribution in [0, 0.1) is 5.92 Å². The van der Waals surface area contributed by atoms with Crippen LogP contribution in [-0.2, 0) is 11.2 Å². The molecule has 0 aromatic carbocycles. The molecule has 0 spiro atoms. The van der Waals surface area contributed by atoms with Crippen LogP contribution in [-0.4, -0.2) is 64.2 Å². The van der Waals surface area contributed by atoms with E-state index in [-0.39, 0.29) is 12.1 Å². The molecule has 2 aliphatic heterocycles. The van der Waals surface area contributed by atoms with E-state index in [0.717, 1.165) is 50.3 Å². The third-order valence-electron chi connectivity index (χ3n) is 5.28. The molecule has 1 aromatic rings. The summed E-state index contributed by atoms with van der Waals surface area (Å²) in [5.74, 6) is -0.309. The molecule has 1 aromatic heterocycles. The maximum absolute atomic E-state index is 12.5. The highest BCUT2D eigenvalue weighted by Gasteiger charge is 2.30. The monoisotopic (exact) mass is 361 g/mol. The highest BCUT2D eigenvalue weighted by atomic mass is 16.4. The number of nitrogens with one attached hydrogen (secondary N) is 1. The van der Waals surface area contributed by atoms with Crippen LogP contribution >= 0.6 is 0 Å². The van der Waals surface area contributed by atoms with Crippen LogP contribution < -0.4 is 10.2 Å². The van der Waals surface area contributed by atoms with Gasteiger partial charge in [-0.2, -0.15) is 0 Å². The molecule has 2 N–H and O–H groups in total. The molecule has 0 saturated carbocycles. The second-order valence-corrected chi connectivity index (χ2v) is 7.06. The van der Waals surface area contributed by atoms with E-state index in [1.54, 1.807) is 11.2 Å². The van der Waals surface area contributed by atoms with Crippen molar-refractivity contribution < 1.29 is 14.7 Å². The normalized spacial score (nSPS) is 21.5. The number of rotatable bonds is 4. The molecule has 2 aliphatic rings. The van der Waals surface area contributed by atoms with Gasteiger partial charge in [-0.1, -0.05) is 6.92 Å². The van der Waals surface area contributed by atoms with E-state index in [4.69, 9.17) is 5.11 Å². The molecule has 2 amide bonds. The van der Waals surface area contributed by atoms with Crippen LogP contribution in [0.1, 0.15) is 38.3 Å². The second kappa shape index (κ2) is 8.33. The van der Waals surface area contributed by atoms with Crippen LogP contribution in [0.15, 0.2) is 12.4 Å². The zero-order chi connectivity index (χ0) is 18.5. The summed E-state index contributed by atoms with van der Waals surface area (Å²) in [6.07, 6.45) is 5.60. The van der Waals surface area contributed by atoms with Gasteiger partial charge in [-0.3, -0.25) is 4.79 Å². The Morgan fingerprint density at radius 2 is 2.00 bits per heavy atom. The molecule has 1 atom stereocenters. The number of carboxylic acid groups (broad SMARTS) is 1. The van der Waals surface area contributed by atoms with Crippen LogP contribution in [0.25, 0.3) is 0 Å². The molecule has 2 saturated heterocycles. The molecule has 0 radical (unpaired) electrons. The van der Waals surface area contributed by atoms with Crippen LogP contribution in [0.2, 0.25) is 0 Å². The molecule has 8 nitrogen and oxygen atoms in total. The summed E-state index contributed by atoms with van der Waals surface area (Å²) in [5.41, 5.74) is 1.03. The minimum Gasteiger partial charge on any atom is -0.481 e. The van der Waals surface area contributed by atoms with E-state index in [2.05, 4.69) is 27.1 Å². The number of piperidine rings is 2. The summed E-state index contributed by atoms with van der Waals surface area (Å²) < 4.78 is 0. The Balaban J connectivity index is 1.49. The maximum atomic E-state index is 12.5. The molecular weight excluding hydrogens is 334 g/mol. The van der Waals surface area contributed by atoms with Gasteiger partial charge in [0.2, 0.25) is 0 Å². The summed E-state index contributed by atoms with van der Waals surface area (Å²) in [7, 11) is 0. The fourth-order valence-corrected chi connectivity index (χ4v) is 3.63. The summed E-state index contributed by atoms with van der Waals surface area (Å²) in [5, 5.41) is 12.2. The number of carbonyl (C=O) groups is 2. The molecule has 0 aliphatic carbocycles. The molecule has 0 bridgehead atoms. The van der Waals surface area contributed by atoms with Gasteiger partial charge < -0.3 is 20.2 Å². The van der Waals surface area contributed by atoms with E-state index >= 15 is 0 Å². The van der Waals surface area contributed by atoms with Gasteiger partial charge in [0, 0.05) is 44.0 Å². The van der Waals surface area contributed by atoms with Crippen molar-refractivity contribution in [3.63, 3.8) is 0 Å². The highest BCUT2D eigenvalue weighted by molar-refractivity contribution is 5.76. The van der Waals surface area contributed by atoms with Gasteiger partial charge in [0.1, 0.15) is 12.1 Å². The maximum Gasteiger partial charge on any atom is 0.317 e. The fraction of sp³-hybridized carbons (Fsp3) is 0.667. The van der Waals surface area contributed by atoms with Crippen molar-refractivity contribution >= 4 is 17.8 Å². The van der Waals surface area contributed by atoms with Crippen molar-refractivity contribution in [1.29, 1.82) is 0 Å². The minimum absolute atomic E-state index is 0.122. The first kappa shape index (κ1) is 18.4. The molecule has 8 heteroatoms. The van der Waals surface area contributed by atoms with E-state index in [9.17, 15) is 9.59 Å². The lowest BCUT2D eigenvalue weighted by atomic mass is 9.98. The first-order valence-corrected chi connectivity index (χ1v) is 9.41. The standard InChI is InChI=1S/C18H27N5O3/c1-2-14-10-16(20-12-19-14)22-8-5-15(6-9-22)21-18(26)23-7-3-4-13(11-23)17(24)25/h10,12-13,15H,2-9,11H2,1H3,(H,21,26)(H,24,25). The predicted molar refractivity (Wildman–Crippen MR) is 97.1 cm³/mol.